The number of amides is 2. The van der Waals surface area contributed by atoms with E-state index in [-0.39, 0.29) is 0 Å². The lowest BCUT2D eigenvalue weighted by Gasteiger charge is -1.99. The van der Waals surface area contributed by atoms with Crippen molar-refractivity contribution in [1.82, 2.24) is 15.3 Å². The molecule has 0 saturated carbocycles. The highest BCUT2D eigenvalue weighted by molar-refractivity contribution is 7.12. The standard InChI is InChI=1S/C11H9N5O5S/c17-6(4-12-8(18)5-2-1-3-22-5)15-16-7-9(19)13-11(21)14-10(7)20/h1-3H,4H2,(H,12,18)(H3,13,14,19,20,21). The third kappa shape index (κ3) is 3.73. The largest absolute Gasteiger partial charge is 0.493 e. The fraction of sp³-hybridized carbons (Fsp3) is 0.0909. The number of H-pyrrole nitrogens is 2. The zero-order chi connectivity index (χ0) is 16.1. The van der Waals surface area contributed by atoms with Gasteiger partial charge in [-0.2, -0.15) is 0 Å². The Hall–Kier alpha value is -3.08. The summed E-state index contributed by atoms with van der Waals surface area (Å²) in [6, 6.07) is 3.27. The molecular weight excluding hydrogens is 314 g/mol. The fourth-order valence-electron chi connectivity index (χ4n) is 1.35. The number of aromatic amines is 2. The van der Waals surface area contributed by atoms with Crippen molar-refractivity contribution >= 4 is 28.8 Å². The van der Waals surface area contributed by atoms with E-state index in [1.807, 2.05) is 9.97 Å². The maximum atomic E-state index is 11.6. The van der Waals surface area contributed by atoms with E-state index in [9.17, 15) is 24.3 Å². The Labute approximate surface area is 125 Å². The Morgan fingerprint density at radius 2 is 2.09 bits per heavy atom. The minimum atomic E-state index is -1.000. The predicted octanol–water partition coefficient (Wildman–Crippen LogP) is -0.129. The monoisotopic (exact) mass is 323 g/mol. The second-order valence-corrected chi connectivity index (χ2v) is 4.81. The number of hydrogen-bond donors (Lipinski definition) is 4. The van der Waals surface area contributed by atoms with Crippen LogP contribution in [0.1, 0.15) is 9.67 Å². The molecule has 0 aliphatic heterocycles. The van der Waals surface area contributed by atoms with Crippen LogP contribution in [-0.2, 0) is 4.79 Å². The summed E-state index contributed by atoms with van der Waals surface area (Å²) in [5.41, 5.74) is -2.53. The molecule has 0 fully saturated rings. The van der Waals surface area contributed by atoms with Gasteiger partial charge in [0, 0.05) is 0 Å². The summed E-state index contributed by atoms with van der Waals surface area (Å²) in [6.07, 6.45) is 0. The van der Waals surface area contributed by atoms with Crippen molar-refractivity contribution in [1.29, 1.82) is 0 Å². The Kier molecular flexibility index (Phi) is 4.58. The smallest absolute Gasteiger partial charge is 0.328 e. The molecule has 2 heterocycles. The molecule has 0 aromatic carbocycles. The Morgan fingerprint density at radius 3 is 2.73 bits per heavy atom. The molecule has 0 spiro atoms. The Bertz CT molecular complexity index is 835. The van der Waals surface area contributed by atoms with Crippen LogP contribution >= 0.6 is 11.3 Å². The first-order valence-electron chi connectivity index (χ1n) is 5.79. The van der Waals surface area contributed by atoms with E-state index in [0.29, 0.717) is 4.88 Å². The number of carbonyl (C=O) groups excluding carboxylic acids is 2. The highest BCUT2D eigenvalue weighted by Gasteiger charge is 2.10. The van der Waals surface area contributed by atoms with Gasteiger partial charge in [-0.3, -0.25) is 24.4 Å². The number of nitrogens with zero attached hydrogens (tertiary/aromatic N) is 2. The summed E-state index contributed by atoms with van der Waals surface area (Å²) in [6.45, 7) is -0.428. The quantitative estimate of drug-likeness (QED) is 0.576. The lowest BCUT2D eigenvalue weighted by molar-refractivity contribution is -0.117. The van der Waals surface area contributed by atoms with E-state index >= 15 is 0 Å². The number of thiophene rings is 1. The van der Waals surface area contributed by atoms with E-state index < -0.39 is 41.2 Å². The molecule has 2 rings (SSSR count). The lowest BCUT2D eigenvalue weighted by atomic mass is 10.4. The first kappa shape index (κ1) is 15.3. The lowest BCUT2D eigenvalue weighted by Crippen LogP contribution is -2.28. The van der Waals surface area contributed by atoms with Gasteiger partial charge in [-0.1, -0.05) is 6.07 Å². The topological polar surface area (TPSA) is 157 Å². The van der Waals surface area contributed by atoms with Gasteiger partial charge in [0.2, 0.25) is 11.6 Å². The number of carbonyl (C=O) groups is 2. The molecule has 0 bridgehead atoms. The summed E-state index contributed by atoms with van der Waals surface area (Å²) in [7, 11) is 0. The highest BCUT2D eigenvalue weighted by atomic mass is 32.1. The van der Waals surface area contributed by atoms with Crippen LogP contribution in [0.4, 0.5) is 5.69 Å². The molecular formula is C11H9N5O5S. The third-order valence-electron chi connectivity index (χ3n) is 2.31. The maximum Gasteiger partial charge on any atom is 0.328 e. The van der Waals surface area contributed by atoms with Crippen LogP contribution in [0, 0.1) is 0 Å². The van der Waals surface area contributed by atoms with E-state index in [0.717, 1.165) is 0 Å². The molecule has 0 aliphatic rings. The number of rotatable bonds is 4. The average Bonchev–Trinajstić information content (AvgIpc) is 2.97. The zero-order valence-electron chi connectivity index (χ0n) is 10.8. The van der Waals surface area contributed by atoms with Crippen LogP contribution in [0.25, 0.3) is 0 Å². The number of aromatic nitrogens is 2. The minimum absolute atomic E-state index is 0.428. The summed E-state index contributed by atoms with van der Waals surface area (Å²) in [5.74, 6) is -2.09. The molecule has 0 unspecified atom stereocenters. The second-order valence-electron chi connectivity index (χ2n) is 3.86. The van der Waals surface area contributed by atoms with E-state index in [1.165, 1.54) is 11.3 Å². The van der Waals surface area contributed by atoms with Gasteiger partial charge in [-0.15, -0.1) is 21.6 Å². The molecule has 2 aromatic rings. The average molecular weight is 323 g/mol. The van der Waals surface area contributed by atoms with Crippen LogP contribution in [0.15, 0.2) is 37.3 Å². The third-order valence-corrected chi connectivity index (χ3v) is 3.17. The summed E-state index contributed by atoms with van der Waals surface area (Å²) < 4.78 is 0. The van der Waals surface area contributed by atoms with Gasteiger partial charge in [0.15, 0.2) is 0 Å². The van der Waals surface area contributed by atoms with E-state index in [1.54, 1.807) is 17.5 Å². The van der Waals surface area contributed by atoms with Crippen molar-refractivity contribution < 1.29 is 14.7 Å². The van der Waals surface area contributed by atoms with Gasteiger partial charge < -0.3 is 10.4 Å². The van der Waals surface area contributed by atoms with Crippen LogP contribution in [-0.4, -0.2) is 33.4 Å². The van der Waals surface area contributed by atoms with Crippen LogP contribution in [0.5, 0.6) is 5.88 Å². The second kappa shape index (κ2) is 6.58. The molecule has 114 valence electrons. The molecule has 0 atom stereocenters. The van der Waals surface area contributed by atoms with Gasteiger partial charge in [-0.05, 0) is 11.4 Å². The molecule has 2 aromatic heterocycles. The molecule has 11 heteroatoms. The van der Waals surface area contributed by atoms with Gasteiger partial charge in [0.05, 0.1) is 4.88 Å². The molecule has 2 amide bonds. The van der Waals surface area contributed by atoms with Crippen molar-refractivity contribution in [3.63, 3.8) is 0 Å². The fourth-order valence-corrected chi connectivity index (χ4v) is 1.99. The molecule has 22 heavy (non-hydrogen) atoms. The molecule has 4 N–H and O–H groups in total. The normalized spacial score (nSPS) is 10.7. The summed E-state index contributed by atoms with van der Waals surface area (Å²) >= 11 is 1.21. The van der Waals surface area contributed by atoms with E-state index in [2.05, 4.69) is 15.5 Å². The molecule has 0 aliphatic carbocycles. The first-order valence-corrected chi connectivity index (χ1v) is 6.67. The summed E-state index contributed by atoms with van der Waals surface area (Å²) in [4.78, 5) is 49.3. The predicted molar refractivity (Wildman–Crippen MR) is 75.5 cm³/mol. The number of nitrogens with one attached hydrogen (secondary N) is 3. The van der Waals surface area contributed by atoms with Crippen molar-refractivity contribution in [3.8, 4) is 5.88 Å². The van der Waals surface area contributed by atoms with Crippen LogP contribution in [0.3, 0.4) is 0 Å². The van der Waals surface area contributed by atoms with Crippen molar-refractivity contribution in [2.75, 3.05) is 6.54 Å². The van der Waals surface area contributed by atoms with Crippen molar-refractivity contribution in [3.05, 3.63) is 43.2 Å². The van der Waals surface area contributed by atoms with Crippen LogP contribution < -0.4 is 16.6 Å². The van der Waals surface area contributed by atoms with E-state index in [4.69, 9.17) is 0 Å². The van der Waals surface area contributed by atoms with Gasteiger partial charge >= 0.3 is 5.69 Å². The number of aromatic hydroxyl groups is 1. The first-order chi connectivity index (χ1) is 10.5. The van der Waals surface area contributed by atoms with Gasteiger partial charge in [0.1, 0.15) is 6.54 Å². The number of azo groups is 1. The zero-order valence-corrected chi connectivity index (χ0v) is 11.6. The Balaban J connectivity index is 1.99. The minimum Gasteiger partial charge on any atom is -0.493 e. The molecule has 10 nitrogen and oxygen atoms in total. The maximum absolute atomic E-state index is 11.6. The van der Waals surface area contributed by atoms with Gasteiger partial charge in [-0.25, -0.2) is 4.79 Å². The highest BCUT2D eigenvalue weighted by Crippen LogP contribution is 2.15. The van der Waals surface area contributed by atoms with Crippen molar-refractivity contribution in [2.45, 2.75) is 0 Å². The van der Waals surface area contributed by atoms with Gasteiger partial charge in [0.25, 0.3) is 17.4 Å². The number of hydrogen-bond acceptors (Lipinski definition) is 7. The van der Waals surface area contributed by atoms with Crippen molar-refractivity contribution in [2.24, 2.45) is 10.2 Å². The van der Waals surface area contributed by atoms with Crippen LogP contribution in [0.2, 0.25) is 0 Å². The molecule has 0 radical (unpaired) electrons. The SMILES string of the molecule is O=C(CNC(=O)c1cccs1)N=Nc1c(O)[nH]c(=O)[nH]c1=O. The molecule has 0 saturated heterocycles. The Morgan fingerprint density at radius 1 is 1.32 bits per heavy atom. The summed E-state index contributed by atoms with van der Waals surface area (Å²) in [5, 5.41) is 19.8.